The quantitative estimate of drug-likeness (QED) is 0.676. The molecule has 2 fully saturated rings. The molecule has 0 aliphatic heterocycles. The molecular weight excluding hydrogens is 264 g/mol. The molecule has 2 rings (SSSR count). The molecular formula is C15H20FeSi+2. The summed E-state index contributed by atoms with van der Waals surface area (Å²) >= 11 is 0. The van der Waals surface area contributed by atoms with Crippen molar-refractivity contribution < 1.29 is 17.1 Å². The largest absolute Gasteiger partial charge is 2.00 e. The van der Waals surface area contributed by atoms with Gasteiger partial charge in [0.2, 0.25) is 0 Å². The van der Waals surface area contributed by atoms with E-state index >= 15 is 0 Å². The van der Waals surface area contributed by atoms with Gasteiger partial charge in [-0.1, -0.05) is 24.8 Å². The Bertz CT molecular complexity index is 200. The fraction of sp³-hybridized carbons (Fsp3) is 0.200. The van der Waals surface area contributed by atoms with E-state index in [1.807, 2.05) is 32.1 Å². The van der Waals surface area contributed by atoms with Gasteiger partial charge in [0.1, 0.15) is 0 Å². The molecule has 0 atom stereocenters. The van der Waals surface area contributed by atoms with Gasteiger partial charge < -0.3 is 0 Å². The molecule has 0 heterocycles. The molecule has 2 heteroatoms. The third-order valence-corrected chi connectivity index (χ3v) is 4.57. The van der Waals surface area contributed by atoms with Crippen molar-refractivity contribution in [2.24, 2.45) is 0 Å². The Balaban J connectivity index is 0.000000360. The molecule has 2 aliphatic carbocycles. The van der Waals surface area contributed by atoms with Gasteiger partial charge in [-0.05, 0) is 57.8 Å². The fourth-order valence-corrected chi connectivity index (χ4v) is 2.36. The van der Waals surface area contributed by atoms with Crippen molar-refractivity contribution in [2.45, 2.75) is 19.6 Å². The number of hydrogen-bond donors (Lipinski definition) is 0. The first-order chi connectivity index (χ1) is 7.52. The summed E-state index contributed by atoms with van der Waals surface area (Å²) in [5.74, 6) is 1.32. The molecule has 2 aliphatic rings. The Morgan fingerprint density at radius 2 is 1.18 bits per heavy atom. The summed E-state index contributed by atoms with van der Waals surface area (Å²) in [5, 5.41) is 1.35. The van der Waals surface area contributed by atoms with Crippen LogP contribution in [0.4, 0.5) is 0 Å². The van der Waals surface area contributed by atoms with Crippen LogP contribution in [0.15, 0.2) is 11.8 Å². The van der Waals surface area contributed by atoms with E-state index in [-0.39, 0.29) is 17.1 Å². The van der Waals surface area contributed by atoms with Crippen LogP contribution in [-0.2, 0) is 17.1 Å². The monoisotopic (exact) mass is 284 g/mol. The van der Waals surface area contributed by atoms with Crippen LogP contribution in [0.3, 0.4) is 0 Å². The summed E-state index contributed by atoms with van der Waals surface area (Å²) in [5.41, 5.74) is 0. The van der Waals surface area contributed by atoms with Crippen LogP contribution in [-0.4, -0.2) is 8.07 Å². The van der Waals surface area contributed by atoms with Gasteiger partial charge in [-0.15, -0.1) is 6.58 Å². The van der Waals surface area contributed by atoms with Gasteiger partial charge in [0.15, 0.2) is 0 Å². The Morgan fingerprint density at radius 1 is 0.824 bits per heavy atom. The second-order valence-electron chi connectivity index (χ2n) is 4.86. The van der Waals surface area contributed by atoms with Crippen LogP contribution in [0, 0.1) is 63.7 Å². The Kier molecular flexibility index (Phi) is 8.80. The van der Waals surface area contributed by atoms with Crippen LogP contribution < -0.4 is 0 Å². The number of rotatable bonds is 2. The van der Waals surface area contributed by atoms with E-state index in [4.69, 9.17) is 0 Å². The SMILES string of the molecule is C=C([C]1[CH][CH][CH][CH]1)[Si](C)(C)C.[CH]1[CH][CH][CH][CH]1.[Fe+2]. The topological polar surface area (TPSA) is 0 Å². The maximum Gasteiger partial charge on any atom is 2.00 e. The summed E-state index contributed by atoms with van der Waals surface area (Å²) in [6.07, 6.45) is 18.4. The zero-order valence-corrected chi connectivity index (χ0v) is 12.9. The number of hydrogen-bond acceptors (Lipinski definition) is 0. The minimum absolute atomic E-state index is 0. The van der Waals surface area contributed by atoms with E-state index in [1.54, 1.807) is 0 Å². The minimum Gasteiger partial charge on any atom is -0.103 e. The Morgan fingerprint density at radius 3 is 1.47 bits per heavy atom. The molecule has 0 saturated heterocycles. The molecule has 0 aromatic rings. The van der Waals surface area contributed by atoms with Crippen LogP contribution in [0.1, 0.15) is 0 Å². The molecule has 0 unspecified atom stereocenters. The van der Waals surface area contributed by atoms with Gasteiger partial charge in [-0.3, -0.25) is 0 Å². The molecule has 0 spiro atoms. The molecule has 0 aromatic carbocycles. The fourth-order valence-electron chi connectivity index (χ4n) is 1.33. The smallest absolute Gasteiger partial charge is 0.103 e. The average Bonchev–Trinajstić information content (AvgIpc) is 2.91. The standard InChI is InChI=1S/C10H15Si.C5H5.Fe/c1-9(11(2,3)4)10-7-5-6-8-10;1-2-4-5-3-1;/h5-8H,1H2,2-4H3;1-5H;/q;;+2. The van der Waals surface area contributed by atoms with Crippen molar-refractivity contribution in [2.75, 3.05) is 0 Å². The van der Waals surface area contributed by atoms with Gasteiger partial charge in [0.05, 0.1) is 8.07 Å². The third-order valence-electron chi connectivity index (χ3n) is 2.47. The normalized spacial score (nSPS) is 20.4. The van der Waals surface area contributed by atoms with Gasteiger partial charge >= 0.3 is 17.1 Å². The van der Waals surface area contributed by atoms with E-state index < -0.39 is 8.07 Å². The summed E-state index contributed by atoms with van der Waals surface area (Å²) in [4.78, 5) is 0. The van der Waals surface area contributed by atoms with E-state index in [2.05, 4.69) is 51.9 Å². The first kappa shape index (κ1) is 17.5. The molecule has 0 bridgehead atoms. The van der Waals surface area contributed by atoms with Crippen LogP contribution in [0.2, 0.25) is 19.6 Å². The molecule has 0 nitrogen and oxygen atoms in total. The second-order valence-corrected chi connectivity index (χ2v) is 9.97. The Labute approximate surface area is 120 Å². The maximum absolute atomic E-state index is 4.13. The molecule has 2 saturated carbocycles. The summed E-state index contributed by atoms with van der Waals surface area (Å²) < 4.78 is 0. The van der Waals surface area contributed by atoms with E-state index in [0.717, 1.165) is 0 Å². The predicted octanol–water partition coefficient (Wildman–Crippen LogP) is 3.84. The first-order valence-electron chi connectivity index (χ1n) is 5.60. The van der Waals surface area contributed by atoms with Gasteiger partial charge in [0.25, 0.3) is 0 Å². The molecule has 0 amide bonds. The average molecular weight is 284 g/mol. The zero-order chi connectivity index (χ0) is 12.0. The van der Waals surface area contributed by atoms with E-state index in [1.165, 1.54) is 11.1 Å². The Hall–Kier alpha value is 0.476. The minimum atomic E-state index is -1.16. The van der Waals surface area contributed by atoms with Crippen molar-refractivity contribution in [3.8, 4) is 0 Å². The molecule has 0 N–H and O–H groups in total. The van der Waals surface area contributed by atoms with Crippen molar-refractivity contribution in [1.82, 2.24) is 0 Å². The molecule has 10 radical (unpaired) electrons. The predicted molar refractivity (Wildman–Crippen MR) is 74.4 cm³/mol. The van der Waals surface area contributed by atoms with Crippen LogP contribution in [0.25, 0.3) is 0 Å². The van der Waals surface area contributed by atoms with Crippen LogP contribution >= 0.6 is 0 Å². The van der Waals surface area contributed by atoms with Crippen molar-refractivity contribution >= 4 is 8.07 Å². The third kappa shape index (κ3) is 6.83. The first-order valence-corrected chi connectivity index (χ1v) is 9.10. The molecule has 17 heavy (non-hydrogen) atoms. The van der Waals surface area contributed by atoms with Gasteiger partial charge in [-0.25, -0.2) is 0 Å². The van der Waals surface area contributed by atoms with E-state index in [9.17, 15) is 0 Å². The summed E-state index contributed by atoms with van der Waals surface area (Å²) in [7, 11) is -1.16. The van der Waals surface area contributed by atoms with Gasteiger partial charge in [0, 0.05) is 5.92 Å². The summed E-state index contributed by atoms with van der Waals surface area (Å²) in [6, 6.07) is 0. The van der Waals surface area contributed by atoms with Gasteiger partial charge in [-0.2, -0.15) is 0 Å². The van der Waals surface area contributed by atoms with Crippen LogP contribution in [0.5, 0.6) is 0 Å². The van der Waals surface area contributed by atoms with Crippen molar-refractivity contribution in [3.63, 3.8) is 0 Å². The van der Waals surface area contributed by atoms with Crippen molar-refractivity contribution in [1.29, 1.82) is 0 Å². The summed E-state index contributed by atoms with van der Waals surface area (Å²) in [6.45, 7) is 11.1. The second kappa shape index (κ2) is 8.56. The zero-order valence-electron chi connectivity index (χ0n) is 10.8. The molecule has 90 valence electrons. The van der Waals surface area contributed by atoms with Crippen molar-refractivity contribution in [3.05, 3.63) is 75.5 Å². The molecule has 0 aromatic heterocycles. The maximum atomic E-state index is 4.13. The number of allylic oxidation sites excluding steroid dienone is 1. The van der Waals surface area contributed by atoms with E-state index in [0.29, 0.717) is 0 Å².